The zero-order chi connectivity index (χ0) is 23.7. The van der Waals surface area contributed by atoms with Crippen molar-refractivity contribution >= 4 is 46.3 Å². The van der Waals surface area contributed by atoms with Crippen LogP contribution in [0.2, 0.25) is 0 Å². The molecule has 0 saturated carbocycles. The van der Waals surface area contributed by atoms with Crippen molar-refractivity contribution in [2.45, 2.75) is 13.0 Å². The van der Waals surface area contributed by atoms with Crippen LogP contribution in [0.1, 0.15) is 15.9 Å². The van der Waals surface area contributed by atoms with Gasteiger partial charge in [-0.3, -0.25) is 23.4 Å². The second-order valence-electron chi connectivity index (χ2n) is 7.85. The first-order valence-electron chi connectivity index (χ1n) is 10.6. The Labute approximate surface area is 205 Å². The van der Waals surface area contributed by atoms with Gasteiger partial charge in [0.1, 0.15) is 17.8 Å². The van der Waals surface area contributed by atoms with Crippen molar-refractivity contribution in [2.75, 3.05) is 5.32 Å². The molecule has 35 heavy (non-hydrogen) atoms. The van der Waals surface area contributed by atoms with Gasteiger partial charge in [-0.2, -0.15) is 0 Å². The average molecular weight is 491 g/mol. The number of rotatable bonds is 6. The number of imidazole rings is 1. The molecule has 0 atom stereocenters. The molecule has 0 unspecified atom stereocenters. The van der Waals surface area contributed by atoms with Gasteiger partial charge in [0.2, 0.25) is 5.91 Å². The number of hydrogen-bond donors (Lipinski definition) is 1. The summed E-state index contributed by atoms with van der Waals surface area (Å²) >= 11 is 0. The van der Waals surface area contributed by atoms with E-state index < -0.39 is 5.82 Å². The van der Waals surface area contributed by atoms with Gasteiger partial charge in [-0.05, 0) is 48.0 Å². The summed E-state index contributed by atoms with van der Waals surface area (Å²) in [6.07, 6.45) is 3.06. The zero-order valence-electron chi connectivity index (χ0n) is 18.3. The largest absolute Gasteiger partial charge is 0.326 e. The van der Waals surface area contributed by atoms with Crippen LogP contribution in [0.5, 0.6) is 0 Å². The summed E-state index contributed by atoms with van der Waals surface area (Å²) < 4.78 is 16.9. The number of nitrogens with one attached hydrogen (secondary N) is 1. The number of ketones is 1. The predicted molar refractivity (Wildman–Crippen MR) is 134 cm³/mol. The normalized spacial score (nSPS) is 10.8. The minimum Gasteiger partial charge on any atom is -0.326 e. The summed E-state index contributed by atoms with van der Waals surface area (Å²) in [5, 5.41) is 3.19. The number of benzene rings is 3. The van der Waals surface area contributed by atoms with Crippen molar-refractivity contribution in [1.29, 1.82) is 0 Å². The number of hydrogen-bond acceptors (Lipinski definition) is 4. The quantitative estimate of drug-likeness (QED) is 0.360. The Morgan fingerprint density at radius 3 is 2.43 bits per heavy atom. The number of halogens is 2. The van der Waals surface area contributed by atoms with Crippen molar-refractivity contribution in [3.05, 3.63) is 113 Å². The van der Waals surface area contributed by atoms with E-state index in [4.69, 9.17) is 0 Å². The summed E-state index contributed by atoms with van der Waals surface area (Å²) in [7, 11) is 0. The van der Waals surface area contributed by atoms with E-state index in [1.54, 1.807) is 71.5 Å². The number of carbonyl (C=O) groups excluding carboxylic acids is 2. The van der Waals surface area contributed by atoms with Crippen LogP contribution in [0.15, 0.2) is 90.1 Å². The lowest BCUT2D eigenvalue weighted by Crippen LogP contribution is -2.26. The van der Waals surface area contributed by atoms with Crippen LogP contribution in [-0.2, 0) is 17.8 Å². The molecule has 5 rings (SSSR count). The Morgan fingerprint density at radius 1 is 0.943 bits per heavy atom. The van der Waals surface area contributed by atoms with Gasteiger partial charge in [0.15, 0.2) is 5.78 Å². The zero-order valence-corrected chi connectivity index (χ0v) is 19.2. The minimum absolute atomic E-state index is 0. The van der Waals surface area contributed by atoms with Gasteiger partial charge in [0.05, 0.1) is 30.1 Å². The number of aromatic nitrogens is 3. The number of Topliss-reactive ketones (excluding diaryl/α,β-unsaturated/α-hetero) is 1. The molecule has 0 spiro atoms. The molecule has 0 saturated heterocycles. The van der Waals surface area contributed by atoms with Crippen molar-refractivity contribution in [2.24, 2.45) is 0 Å². The van der Waals surface area contributed by atoms with E-state index in [2.05, 4.69) is 10.3 Å². The van der Waals surface area contributed by atoms with Crippen LogP contribution in [-0.4, -0.2) is 25.6 Å². The second-order valence-corrected chi connectivity index (χ2v) is 7.85. The van der Waals surface area contributed by atoms with E-state index in [1.165, 1.54) is 10.6 Å². The van der Waals surface area contributed by atoms with Crippen LogP contribution in [0, 0.1) is 5.82 Å². The standard InChI is InChI=1S/C26H19FN4O3.ClH/c27-21-7-3-1-5-18(21)13-24(33)29-19-11-9-17(10-12-19)23(32)15-30-25-14-28-16-31(25)22-8-4-2-6-20(22)26(30)34;/h1-12,14,16H,13,15H2,(H,29,33);1H. The van der Waals surface area contributed by atoms with Crippen LogP contribution in [0.25, 0.3) is 16.6 Å². The third-order valence-corrected chi connectivity index (χ3v) is 5.64. The molecule has 9 heteroatoms. The van der Waals surface area contributed by atoms with Crippen molar-refractivity contribution in [3.8, 4) is 0 Å². The van der Waals surface area contributed by atoms with Gasteiger partial charge >= 0.3 is 0 Å². The number of para-hydroxylation sites is 1. The molecule has 0 fully saturated rings. The molecule has 2 heterocycles. The Morgan fingerprint density at radius 2 is 1.66 bits per heavy atom. The lowest BCUT2D eigenvalue weighted by Gasteiger charge is -2.11. The SMILES string of the molecule is Cl.O=C(Cc1ccccc1F)Nc1ccc(C(=O)Cn2c(=O)c3ccccc3n3cncc23)cc1. The van der Waals surface area contributed by atoms with E-state index in [0.717, 1.165) is 5.52 Å². The highest BCUT2D eigenvalue weighted by Gasteiger charge is 2.15. The molecule has 2 aromatic heterocycles. The summed E-state index contributed by atoms with van der Waals surface area (Å²) in [6, 6.07) is 19.6. The van der Waals surface area contributed by atoms with Gasteiger partial charge in [-0.15, -0.1) is 12.4 Å². The van der Waals surface area contributed by atoms with Crippen LogP contribution >= 0.6 is 12.4 Å². The first-order chi connectivity index (χ1) is 16.5. The summed E-state index contributed by atoms with van der Waals surface area (Å²) in [5.74, 6) is -1.06. The number of fused-ring (bicyclic) bond motifs is 3. The maximum Gasteiger partial charge on any atom is 0.262 e. The predicted octanol–water partition coefficient (Wildman–Crippen LogP) is 4.27. The Balaban J connectivity index is 0.00000289. The fourth-order valence-electron chi connectivity index (χ4n) is 3.93. The molecule has 7 nitrogen and oxygen atoms in total. The molecule has 3 aromatic carbocycles. The molecule has 0 radical (unpaired) electrons. The third-order valence-electron chi connectivity index (χ3n) is 5.64. The Bertz CT molecular complexity index is 1610. The minimum atomic E-state index is -0.435. The second kappa shape index (κ2) is 9.90. The summed E-state index contributed by atoms with van der Waals surface area (Å²) in [6.45, 7) is -0.155. The number of amides is 1. The fourth-order valence-corrected chi connectivity index (χ4v) is 3.93. The maximum absolute atomic E-state index is 13.8. The van der Waals surface area contributed by atoms with Crippen LogP contribution in [0.4, 0.5) is 10.1 Å². The first kappa shape index (κ1) is 23.8. The van der Waals surface area contributed by atoms with Gasteiger partial charge in [-0.25, -0.2) is 9.37 Å². The maximum atomic E-state index is 13.8. The summed E-state index contributed by atoms with van der Waals surface area (Å²) in [5.41, 5.74) is 2.16. The van der Waals surface area contributed by atoms with Crippen molar-refractivity contribution in [3.63, 3.8) is 0 Å². The number of nitrogens with zero attached hydrogens (tertiary/aromatic N) is 3. The van der Waals surface area contributed by atoms with Crippen molar-refractivity contribution < 1.29 is 14.0 Å². The van der Waals surface area contributed by atoms with E-state index in [9.17, 15) is 18.8 Å². The lowest BCUT2D eigenvalue weighted by molar-refractivity contribution is -0.115. The van der Waals surface area contributed by atoms with Gasteiger partial charge in [-0.1, -0.05) is 30.3 Å². The molecule has 0 bridgehead atoms. The smallest absolute Gasteiger partial charge is 0.262 e. The van der Waals surface area contributed by atoms with E-state index >= 15 is 0 Å². The molecule has 0 aliphatic rings. The molecular weight excluding hydrogens is 471 g/mol. The van der Waals surface area contributed by atoms with E-state index in [0.29, 0.717) is 27.8 Å². The van der Waals surface area contributed by atoms with Crippen molar-refractivity contribution in [1.82, 2.24) is 14.0 Å². The number of anilines is 1. The highest BCUT2D eigenvalue weighted by atomic mass is 35.5. The Kier molecular flexibility index (Phi) is 6.75. The number of carbonyl (C=O) groups is 2. The lowest BCUT2D eigenvalue weighted by atomic mass is 10.1. The monoisotopic (exact) mass is 490 g/mol. The summed E-state index contributed by atoms with van der Waals surface area (Å²) in [4.78, 5) is 42.4. The third kappa shape index (κ3) is 4.69. The molecular formula is C26H20ClFN4O3. The van der Waals surface area contributed by atoms with E-state index in [-0.39, 0.29) is 42.6 Å². The van der Waals surface area contributed by atoms with Gasteiger partial charge in [0, 0.05) is 11.3 Å². The average Bonchev–Trinajstić information content (AvgIpc) is 3.34. The molecule has 1 N–H and O–H groups in total. The fraction of sp³-hybridized carbons (Fsp3) is 0.0769. The highest BCUT2D eigenvalue weighted by molar-refractivity contribution is 5.98. The topological polar surface area (TPSA) is 85.5 Å². The molecule has 5 aromatic rings. The van der Waals surface area contributed by atoms with Crippen LogP contribution < -0.4 is 10.9 Å². The van der Waals surface area contributed by atoms with Crippen LogP contribution in [0.3, 0.4) is 0 Å². The molecule has 0 aliphatic carbocycles. The van der Waals surface area contributed by atoms with Gasteiger partial charge < -0.3 is 5.32 Å². The first-order valence-corrected chi connectivity index (χ1v) is 10.6. The van der Waals surface area contributed by atoms with E-state index in [1.807, 2.05) is 12.1 Å². The molecule has 1 amide bonds. The molecule has 0 aliphatic heterocycles. The Hall–Kier alpha value is -4.30. The highest BCUT2D eigenvalue weighted by Crippen LogP contribution is 2.16. The van der Waals surface area contributed by atoms with Gasteiger partial charge in [0.25, 0.3) is 5.56 Å². The molecule has 176 valence electrons.